The lowest BCUT2D eigenvalue weighted by Crippen LogP contribution is -2.31. The Kier molecular flexibility index (Phi) is 7.17. The van der Waals surface area contributed by atoms with Crippen molar-refractivity contribution in [2.45, 2.75) is 19.1 Å². The molecule has 0 aliphatic rings. The van der Waals surface area contributed by atoms with Crippen LogP contribution in [-0.4, -0.2) is 39.4 Å². The van der Waals surface area contributed by atoms with Crippen molar-refractivity contribution in [3.05, 3.63) is 75.8 Å². The van der Waals surface area contributed by atoms with E-state index >= 15 is 0 Å². The molecule has 138 valence electrons. The lowest BCUT2D eigenvalue weighted by Gasteiger charge is -2.25. The summed E-state index contributed by atoms with van der Waals surface area (Å²) in [5.74, 6) is 0.573. The molecule has 7 heteroatoms. The Labute approximate surface area is 157 Å². The van der Waals surface area contributed by atoms with Crippen molar-refractivity contribution >= 4 is 23.4 Å². The average molecular weight is 374 g/mol. The summed E-state index contributed by atoms with van der Waals surface area (Å²) in [5.41, 5.74) is 1.55. The van der Waals surface area contributed by atoms with Gasteiger partial charge in [0.1, 0.15) is 0 Å². The molecule has 0 saturated carbocycles. The number of benzene rings is 2. The summed E-state index contributed by atoms with van der Waals surface area (Å²) < 4.78 is 0. The highest BCUT2D eigenvalue weighted by molar-refractivity contribution is 7.99. The molecule has 1 amide bonds. The maximum atomic E-state index is 12.4. The third kappa shape index (κ3) is 5.31. The maximum Gasteiger partial charge on any atom is 0.269 e. The molecule has 2 aromatic rings. The quantitative estimate of drug-likeness (QED) is 0.564. The second kappa shape index (κ2) is 9.35. The lowest BCUT2D eigenvalue weighted by atomic mass is 10.1. The molecule has 2 atom stereocenters. The monoisotopic (exact) mass is 374 g/mol. The number of hydrogen-bond acceptors (Lipinski definition) is 5. The molecule has 0 spiro atoms. The third-order valence-electron chi connectivity index (χ3n) is 4.22. The topological polar surface area (TPSA) is 83.7 Å². The highest BCUT2D eigenvalue weighted by atomic mass is 32.2. The van der Waals surface area contributed by atoms with Crippen LogP contribution in [0.4, 0.5) is 5.69 Å². The molecular formula is C19H22N2O4S. The Morgan fingerprint density at radius 3 is 2.50 bits per heavy atom. The van der Waals surface area contributed by atoms with Crippen LogP contribution in [0.3, 0.4) is 0 Å². The number of nitro groups is 1. The minimum atomic E-state index is -0.617. The number of carbonyl (C=O) groups is 1. The predicted molar refractivity (Wildman–Crippen MR) is 103 cm³/mol. The number of nitrogens with zero attached hydrogens (tertiary/aromatic N) is 2. The van der Waals surface area contributed by atoms with Crippen LogP contribution in [-0.2, 0) is 4.79 Å². The normalized spacial score (nSPS) is 13.0. The minimum Gasteiger partial charge on any atom is -0.388 e. The number of aliphatic hydroxyl groups excluding tert-OH is 1. The fraction of sp³-hybridized carbons (Fsp3) is 0.316. The first-order valence-electron chi connectivity index (χ1n) is 8.21. The summed E-state index contributed by atoms with van der Waals surface area (Å²) in [7, 11) is 1.68. The van der Waals surface area contributed by atoms with Crippen LogP contribution in [0.2, 0.25) is 0 Å². The highest BCUT2D eigenvalue weighted by Gasteiger charge is 2.19. The van der Waals surface area contributed by atoms with Crippen molar-refractivity contribution in [2.24, 2.45) is 0 Å². The first-order chi connectivity index (χ1) is 12.4. The van der Waals surface area contributed by atoms with E-state index in [1.807, 2.05) is 37.3 Å². The largest absolute Gasteiger partial charge is 0.388 e. The number of hydrogen-bond donors (Lipinski definition) is 1. The minimum absolute atomic E-state index is 0.00978. The van der Waals surface area contributed by atoms with E-state index in [0.717, 1.165) is 5.56 Å². The molecule has 2 unspecified atom stereocenters. The van der Waals surface area contributed by atoms with E-state index in [-0.39, 0.29) is 23.4 Å². The Morgan fingerprint density at radius 2 is 1.85 bits per heavy atom. The van der Waals surface area contributed by atoms with Gasteiger partial charge in [0.05, 0.1) is 22.8 Å². The first-order valence-corrected chi connectivity index (χ1v) is 9.36. The Morgan fingerprint density at radius 1 is 1.19 bits per heavy atom. The molecule has 1 N–H and O–H groups in total. The molecule has 2 aromatic carbocycles. The van der Waals surface area contributed by atoms with Crippen LogP contribution in [0.1, 0.15) is 30.2 Å². The SMILES string of the molecule is CC(c1cccc([N+](=O)[O-])c1)N(C)C(=O)CSCC(O)c1ccccc1. The van der Waals surface area contributed by atoms with E-state index in [0.29, 0.717) is 11.3 Å². The zero-order chi connectivity index (χ0) is 19.1. The zero-order valence-electron chi connectivity index (χ0n) is 14.7. The summed E-state index contributed by atoms with van der Waals surface area (Å²) in [6, 6.07) is 15.3. The van der Waals surface area contributed by atoms with Crippen LogP contribution in [0.5, 0.6) is 0 Å². The molecular weight excluding hydrogens is 352 g/mol. The van der Waals surface area contributed by atoms with Gasteiger partial charge in [-0.2, -0.15) is 0 Å². The first kappa shape index (κ1) is 19.9. The van der Waals surface area contributed by atoms with Crippen molar-refractivity contribution in [2.75, 3.05) is 18.6 Å². The number of aliphatic hydroxyl groups is 1. The Hall–Kier alpha value is -2.38. The van der Waals surface area contributed by atoms with E-state index in [9.17, 15) is 20.0 Å². The Bertz CT molecular complexity index is 754. The van der Waals surface area contributed by atoms with E-state index in [1.54, 1.807) is 24.1 Å². The van der Waals surface area contributed by atoms with Gasteiger partial charge >= 0.3 is 0 Å². The van der Waals surface area contributed by atoms with Gasteiger partial charge in [-0.25, -0.2) is 0 Å². The van der Waals surface area contributed by atoms with E-state index in [2.05, 4.69) is 0 Å². The number of non-ortho nitro benzene ring substituents is 1. The van der Waals surface area contributed by atoms with Crippen molar-refractivity contribution < 1.29 is 14.8 Å². The van der Waals surface area contributed by atoms with Gasteiger partial charge in [0, 0.05) is 24.9 Å². The fourth-order valence-corrected chi connectivity index (χ4v) is 3.38. The molecule has 0 aromatic heterocycles. The summed E-state index contributed by atoms with van der Waals surface area (Å²) in [6.45, 7) is 1.83. The fourth-order valence-electron chi connectivity index (χ4n) is 2.47. The van der Waals surface area contributed by atoms with Crippen LogP contribution in [0, 0.1) is 10.1 Å². The number of nitro benzene ring substituents is 1. The summed E-state index contributed by atoms with van der Waals surface area (Å²) in [4.78, 5) is 24.4. The summed E-state index contributed by atoms with van der Waals surface area (Å²) in [5, 5.41) is 21.0. The van der Waals surface area contributed by atoms with Gasteiger partial charge in [-0.05, 0) is 18.1 Å². The van der Waals surface area contributed by atoms with Gasteiger partial charge in [-0.1, -0.05) is 42.5 Å². The number of rotatable bonds is 8. The number of thioether (sulfide) groups is 1. The number of amides is 1. The van der Waals surface area contributed by atoms with Gasteiger partial charge in [-0.3, -0.25) is 14.9 Å². The molecule has 2 rings (SSSR count). The lowest BCUT2D eigenvalue weighted by molar-refractivity contribution is -0.384. The van der Waals surface area contributed by atoms with Crippen molar-refractivity contribution in [3.8, 4) is 0 Å². The van der Waals surface area contributed by atoms with Gasteiger partial charge in [0.2, 0.25) is 5.91 Å². The summed E-state index contributed by atoms with van der Waals surface area (Å²) in [6.07, 6.45) is -0.617. The molecule has 0 bridgehead atoms. The van der Waals surface area contributed by atoms with E-state index < -0.39 is 11.0 Å². The van der Waals surface area contributed by atoms with Gasteiger partial charge in [0.25, 0.3) is 5.69 Å². The van der Waals surface area contributed by atoms with Crippen molar-refractivity contribution in [3.63, 3.8) is 0 Å². The van der Waals surface area contributed by atoms with Gasteiger partial charge in [0.15, 0.2) is 0 Å². The molecule has 0 radical (unpaired) electrons. The molecule has 0 heterocycles. The van der Waals surface area contributed by atoms with E-state index in [1.165, 1.54) is 23.9 Å². The smallest absolute Gasteiger partial charge is 0.269 e. The van der Waals surface area contributed by atoms with Gasteiger partial charge in [-0.15, -0.1) is 11.8 Å². The van der Waals surface area contributed by atoms with Crippen LogP contribution in [0.15, 0.2) is 54.6 Å². The standard InChI is InChI=1S/C19H22N2O4S/c1-14(16-9-6-10-17(11-16)21(24)25)20(2)19(23)13-26-12-18(22)15-7-4-3-5-8-15/h3-11,14,18,22H,12-13H2,1-2H3. The molecule has 26 heavy (non-hydrogen) atoms. The molecule has 0 aliphatic carbocycles. The van der Waals surface area contributed by atoms with Crippen LogP contribution < -0.4 is 0 Å². The highest BCUT2D eigenvalue weighted by Crippen LogP contribution is 2.24. The zero-order valence-corrected chi connectivity index (χ0v) is 15.6. The van der Waals surface area contributed by atoms with Crippen LogP contribution >= 0.6 is 11.8 Å². The van der Waals surface area contributed by atoms with Crippen molar-refractivity contribution in [1.29, 1.82) is 0 Å². The third-order valence-corrected chi connectivity index (χ3v) is 5.23. The molecule has 0 aliphatic heterocycles. The molecule has 0 saturated heterocycles. The van der Waals surface area contributed by atoms with Gasteiger partial charge < -0.3 is 10.0 Å². The Balaban J connectivity index is 1.88. The second-order valence-corrected chi connectivity index (χ2v) is 7.00. The number of carbonyl (C=O) groups excluding carboxylic acids is 1. The van der Waals surface area contributed by atoms with Crippen molar-refractivity contribution in [1.82, 2.24) is 4.90 Å². The van der Waals surface area contributed by atoms with Crippen LogP contribution in [0.25, 0.3) is 0 Å². The molecule has 0 fully saturated rings. The molecule has 6 nitrogen and oxygen atoms in total. The maximum absolute atomic E-state index is 12.4. The summed E-state index contributed by atoms with van der Waals surface area (Å²) >= 11 is 1.36. The van der Waals surface area contributed by atoms with E-state index in [4.69, 9.17) is 0 Å². The average Bonchev–Trinajstić information content (AvgIpc) is 2.67. The second-order valence-electron chi connectivity index (χ2n) is 5.97. The predicted octanol–water partition coefficient (Wildman–Crippen LogP) is 3.58.